The number of hydrogen-bond donors (Lipinski definition) is 1. The summed E-state index contributed by atoms with van der Waals surface area (Å²) in [5.74, 6) is -0.0768. The van der Waals surface area contributed by atoms with Crippen molar-refractivity contribution in [2.75, 3.05) is 6.54 Å². The van der Waals surface area contributed by atoms with Crippen molar-refractivity contribution < 1.29 is 4.79 Å². The molecule has 2 nitrogen and oxygen atoms in total. The van der Waals surface area contributed by atoms with Gasteiger partial charge in [-0.3, -0.25) is 4.79 Å². The van der Waals surface area contributed by atoms with Crippen LogP contribution in [0.4, 0.5) is 0 Å². The number of carbonyl (C=O) groups is 1. The normalized spacial score (nSPS) is 10.5. The van der Waals surface area contributed by atoms with Crippen molar-refractivity contribution in [2.24, 2.45) is 0 Å². The molecule has 1 amide bonds. The Bertz CT molecular complexity index is 600. The Morgan fingerprint density at radius 2 is 2.11 bits per heavy atom. The van der Waals surface area contributed by atoms with Crippen LogP contribution in [0.15, 0.2) is 33.4 Å². The predicted octanol–water partition coefficient (Wildman–Crippen LogP) is 4.79. The summed E-state index contributed by atoms with van der Waals surface area (Å²) in [5.41, 5.74) is 1.64. The van der Waals surface area contributed by atoms with Crippen LogP contribution in [0.25, 0.3) is 0 Å². The molecule has 100 valence electrons. The van der Waals surface area contributed by atoms with E-state index in [1.165, 1.54) is 11.3 Å². The Morgan fingerprint density at radius 3 is 2.74 bits per heavy atom. The van der Waals surface area contributed by atoms with Crippen LogP contribution in [0.2, 0.25) is 10.0 Å². The molecule has 0 aliphatic heterocycles. The molecule has 0 aliphatic carbocycles. The fourth-order valence-corrected chi connectivity index (χ4v) is 3.21. The van der Waals surface area contributed by atoms with Crippen LogP contribution in [0.3, 0.4) is 0 Å². The Kier molecular flexibility index (Phi) is 5.28. The van der Waals surface area contributed by atoms with Crippen molar-refractivity contribution in [3.8, 4) is 0 Å². The molecule has 0 unspecified atom stereocenters. The Hall–Kier alpha value is -0.550. The maximum atomic E-state index is 11.8. The quantitative estimate of drug-likeness (QED) is 0.814. The Balaban J connectivity index is 1.88. The van der Waals surface area contributed by atoms with Crippen LogP contribution < -0.4 is 5.32 Å². The van der Waals surface area contributed by atoms with Crippen molar-refractivity contribution in [1.82, 2.24) is 5.32 Å². The van der Waals surface area contributed by atoms with Crippen molar-refractivity contribution in [3.05, 3.63) is 54.6 Å². The first-order valence-corrected chi connectivity index (χ1v) is 7.95. The number of benzene rings is 1. The summed E-state index contributed by atoms with van der Waals surface area (Å²) in [6.45, 7) is 0.535. The van der Waals surface area contributed by atoms with Gasteiger partial charge < -0.3 is 5.32 Å². The lowest BCUT2D eigenvalue weighted by molar-refractivity contribution is 0.0954. The van der Waals surface area contributed by atoms with Gasteiger partial charge in [-0.05, 0) is 46.1 Å². The first kappa shape index (κ1) is 14.9. The minimum Gasteiger partial charge on any atom is -0.352 e. The van der Waals surface area contributed by atoms with E-state index >= 15 is 0 Å². The molecule has 1 aromatic carbocycles. The molecule has 0 bridgehead atoms. The third kappa shape index (κ3) is 4.21. The summed E-state index contributed by atoms with van der Waals surface area (Å²) in [5, 5.41) is 5.91. The number of halogens is 3. The molecule has 0 fully saturated rings. The molecular formula is C13H10BrCl2NOS. The van der Waals surface area contributed by atoms with E-state index in [0.29, 0.717) is 28.6 Å². The van der Waals surface area contributed by atoms with Crippen molar-refractivity contribution in [3.63, 3.8) is 0 Å². The second kappa shape index (κ2) is 6.75. The maximum absolute atomic E-state index is 11.8. The van der Waals surface area contributed by atoms with Gasteiger partial charge in [-0.2, -0.15) is 0 Å². The highest BCUT2D eigenvalue weighted by atomic mass is 79.9. The molecule has 0 saturated heterocycles. The fourth-order valence-electron chi connectivity index (χ4n) is 1.57. The second-order valence-corrected chi connectivity index (χ2v) is 7.02. The van der Waals surface area contributed by atoms with Crippen LogP contribution in [0.1, 0.15) is 15.9 Å². The third-order valence-corrected chi connectivity index (χ3v) is 4.62. The topological polar surface area (TPSA) is 29.1 Å². The highest BCUT2D eigenvalue weighted by Gasteiger charge is 2.08. The molecule has 1 N–H and O–H groups in total. The van der Waals surface area contributed by atoms with Crippen LogP contribution in [-0.2, 0) is 6.42 Å². The van der Waals surface area contributed by atoms with Gasteiger partial charge in [0.25, 0.3) is 5.91 Å². The first-order valence-electron chi connectivity index (χ1n) is 5.52. The molecule has 2 aromatic rings. The molecule has 19 heavy (non-hydrogen) atoms. The predicted molar refractivity (Wildman–Crippen MR) is 84.5 cm³/mol. The standard InChI is InChI=1S/C13H10BrCl2NOS/c14-12-5-9(7-19-12)13(18)17-4-3-8-1-2-10(15)6-11(8)16/h1-2,5-7H,3-4H2,(H,17,18). The molecule has 1 heterocycles. The molecule has 0 atom stereocenters. The van der Waals surface area contributed by atoms with Gasteiger partial charge in [0, 0.05) is 22.0 Å². The highest BCUT2D eigenvalue weighted by Crippen LogP contribution is 2.22. The third-order valence-electron chi connectivity index (χ3n) is 2.52. The molecule has 0 saturated carbocycles. The van der Waals surface area contributed by atoms with Gasteiger partial charge in [0.05, 0.1) is 9.35 Å². The van der Waals surface area contributed by atoms with Gasteiger partial charge in [0.2, 0.25) is 0 Å². The van der Waals surface area contributed by atoms with Gasteiger partial charge in [-0.25, -0.2) is 0 Å². The zero-order valence-corrected chi connectivity index (χ0v) is 13.7. The Morgan fingerprint density at radius 1 is 1.32 bits per heavy atom. The number of hydrogen-bond acceptors (Lipinski definition) is 2. The van der Waals surface area contributed by atoms with E-state index < -0.39 is 0 Å². The fraction of sp³-hybridized carbons (Fsp3) is 0.154. The average molecular weight is 379 g/mol. The summed E-state index contributed by atoms with van der Waals surface area (Å²) in [4.78, 5) is 11.8. The number of rotatable bonds is 4. The highest BCUT2D eigenvalue weighted by molar-refractivity contribution is 9.11. The van der Waals surface area contributed by atoms with Gasteiger partial charge in [0.1, 0.15) is 0 Å². The van der Waals surface area contributed by atoms with Gasteiger partial charge in [-0.1, -0.05) is 29.3 Å². The number of carbonyl (C=O) groups excluding carboxylic acids is 1. The molecular weight excluding hydrogens is 369 g/mol. The van der Waals surface area contributed by atoms with Gasteiger partial charge in [-0.15, -0.1) is 11.3 Å². The second-order valence-electron chi connectivity index (χ2n) is 3.88. The van der Waals surface area contributed by atoms with E-state index in [2.05, 4.69) is 21.2 Å². The Labute approximate surface area is 133 Å². The lowest BCUT2D eigenvalue weighted by Crippen LogP contribution is -2.25. The molecule has 1 aromatic heterocycles. The molecule has 0 aliphatic rings. The van der Waals surface area contributed by atoms with Crippen LogP contribution in [0.5, 0.6) is 0 Å². The van der Waals surface area contributed by atoms with E-state index in [9.17, 15) is 4.79 Å². The summed E-state index contributed by atoms with van der Waals surface area (Å²) < 4.78 is 0.943. The van der Waals surface area contributed by atoms with Crippen LogP contribution >= 0.6 is 50.5 Å². The van der Waals surface area contributed by atoms with E-state index in [1.807, 2.05) is 11.4 Å². The zero-order valence-electron chi connectivity index (χ0n) is 9.75. The number of nitrogens with one attached hydrogen (secondary N) is 1. The van der Waals surface area contributed by atoms with E-state index in [-0.39, 0.29) is 5.91 Å². The molecule has 6 heteroatoms. The average Bonchev–Trinajstić information content (AvgIpc) is 2.78. The minimum atomic E-state index is -0.0768. The molecule has 0 radical (unpaired) electrons. The van der Waals surface area contributed by atoms with Gasteiger partial charge >= 0.3 is 0 Å². The van der Waals surface area contributed by atoms with E-state index in [1.54, 1.807) is 18.2 Å². The lowest BCUT2D eigenvalue weighted by atomic mass is 10.1. The van der Waals surface area contributed by atoms with Gasteiger partial charge in [0.15, 0.2) is 0 Å². The summed E-state index contributed by atoms with van der Waals surface area (Å²) >= 11 is 16.7. The van der Waals surface area contributed by atoms with E-state index in [4.69, 9.17) is 23.2 Å². The van der Waals surface area contributed by atoms with Crippen molar-refractivity contribution >= 4 is 56.4 Å². The summed E-state index contributed by atoms with van der Waals surface area (Å²) in [6, 6.07) is 7.17. The zero-order chi connectivity index (χ0) is 13.8. The van der Waals surface area contributed by atoms with Crippen LogP contribution in [-0.4, -0.2) is 12.5 Å². The molecule has 2 rings (SSSR count). The first-order chi connectivity index (χ1) is 9.06. The largest absolute Gasteiger partial charge is 0.352 e. The SMILES string of the molecule is O=C(NCCc1ccc(Cl)cc1Cl)c1csc(Br)c1. The van der Waals surface area contributed by atoms with Crippen LogP contribution in [0, 0.1) is 0 Å². The maximum Gasteiger partial charge on any atom is 0.252 e. The van der Waals surface area contributed by atoms with Crippen molar-refractivity contribution in [2.45, 2.75) is 6.42 Å². The smallest absolute Gasteiger partial charge is 0.252 e. The minimum absolute atomic E-state index is 0.0768. The number of amides is 1. The van der Waals surface area contributed by atoms with Crippen molar-refractivity contribution in [1.29, 1.82) is 0 Å². The molecule has 0 spiro atoms. The summed E-state index contributed by atoms with van der Waals surface area (Å²) in [7, 11) is 0. The number of thiophene rings is 1. The van der Waals surface area contributed by atoms with E-state index in [0.717, 1.165) is 9.35 Å². The lowest BCUT2D eigenvalue weighted by Gasteiger charge is -2.06. The summed E-state index contributed by atoms with van der Waals surface area (Å²) in [6.07, 6.45) is 0.674. The monoisotopic (exact) mass is 377 g/mol.